The average molecular weight is 317 g/mol. The van der Waals surface area contributed by atoms with Gasteiger partial charge in [0.1, 0.15) is 0 Å². The van der Waals surface area contributed by atoms with Gasteiger partial charge in [0.25, 0.3) is 0 Å². The summed E-state index contributed by atoms with van der Waals surface area (Å²) in [6, 6.07) is 1.93. The molecule has 1 aliphatic heterocycles. The van der Waals surface area contributed by atoms with Crippen LogP contribution in [0.3, 0.4) is 0 Å². The van der Waals surface area contributed by atoms with Gasteiger partial charge in [-0.15, -0.1) is 0 Å². The second-order valence-electron chi connectivity index (χ2n) is 4.52. The van der Waals surface area contributed by atoms with Crippen LogP contribution < -0.4 is 0 Å². The van der Waals surface area contributed by atoms with E-state index in [0.717, 1.165) is 48.0 Å². The Labute approximate surface area is 115 Å². The lowest BCUT2D eigenvalue weighted by Gasteiger charge is -2.35. The molecule has 94 valence electrons. The van der Waals surface area contributed by atoms with E-state index in [9.17, 15) is 0 Å². The van der Waals surface area contributed by atoms with Crippen LogP contribution in [0.5, 0.6) is 0 Å². The van der Waals surface area contributed by atoms with E-state index in [1.165, 1.54) is 0 Å². The molecule has 0 atom stereocenters. The van der Waals surface area contributed by atoms with Gasteiger partial charge in [-0.3, -0.25) is 0 Å². The number of alkyl halides is 1. The van der Waals surface area contributed by atoms with Crippen molar-refractivity contribution in [1.82, 2.24) is 9.97 Å². The molecule has 1 aromatic heterocycles. The molecule has 1 aromatic rings. The molecule has 0 aliphatic carbocycles. The van der Waals surface area contributed by atoms with Crippen molar-refractivity contribution in [2.45, 2.75) is 24.9 Å². The SMILES string of the molecule is Cc1ccnc(SCC2(CBr)CCOCC2)n1. The Bertz CT molecular complexity index is 369. The van der Waals surface area contributed by atoms with Crippen LogP contribution >= 0.6 is 27.7 Å². The van der Waals surface area contributed by atoms with Crippen molar-refractivity contribution in [1.29, 1.82) is 0 Å². The Hall–Kier alpha value is -0.130. The zero-order valence-corrected chi connectivity index (χ0v) is 12.4. The van der Waals surface area contributed by atoms with Gasteiger partial charge in [-0.25, -0.2) is 9.97 Å². The lowest BCUT2D eigenvalue weighted by Crippen LogP contribution is -2.33. The average Bonchev–Trinajstić information content (AvgIpc) is 2.38. The molecule has 2 heterocycles. The molecule has 0 spiro atoms. The van der Waals surface area contributed by atoms with Gasteiger partial charge in [0, 0.05) is 36.2 Å². The quantitative estimate of drug-likeness (QED) is 0.486. The fraction of sp³-hybridized carbons (Fsp3) is 0.667. The summed E-state index contributed by atoms with van der Waals surface area (Å²) in [6.07, 6.45) is 4.07. The maximum absolute atomic E-state index is 5.44. The molecule has 3 nitrogen and oxygen atoms in total. The van der Waals surface area contributed by atoms with Gasteiger partial charge >= 0.3 is 0 Å². The molecule has 0 radical (unpaired) electrons. The summed E-state index contributed by atoms with van der Waals surface area (Å²) in [4.78, 5) is 8.72. The van der Waals surface area contributed by atoms with Gasteiger partial charge in [-0.05, 0) is 31.2 Å². The largest absolute Gasteiger partial charge is 0.381 e. The van der Waals surface area contributed by atoms with E-state index in [-0.39, 0.29) is 0 Å². The smallest absolute Gasteiger partial charge is 0.187 e. The number of hydrogen-bond acceptors (Lipinski definition) is 4. The number of halogens is 1. The number of aryl methyl sites for hydroxylation is 1. The van der Waals surface area contributed by atoms with Crippen LogP contribution in [0.1, 0.15) is 18.5 Å². The summed E-state index contributed by atoms with van der Waals surface area (Å²) < 4.78 is 5.44. The third-order valence-electron chi connectivity index (χ3n) is 3.12. The van der Waals surface area contributed by atoms with Gasteiger partial charge in [0.2, 0.25) is 0 Å². The Morgan fingerprint density at radius 2 is 2.24 bits per heavy atom. The third-order valence-corrected chi connectivity index (χ3v) is 5.52. The van der Waals surface area contributed by atoms with E-state index in [4.69, 9.17) is 4.74 Å². The van der Waals surface area contributed by atoms with Gasteiger partial charge < -0.3 is 4.74 Å². The molecule has 0 aromatic carbocycles. The Balaban J connectivity index is 1.95. The predicted octanol–water partition coefficient (Wildman–Crippen LogP) is 3.07. The molecule has 0 N–H and O–H groups in total. The van der Waals surface area contributed by atoms with Gasteiger partial charge in [-0.2, -0.15) is 0 Å². The lowest BCUT2D eigenvalue weighted by atomic mass is 9.85. The number of aromatic nitrogens is 2. The Kier molecular flexibility index (Phi) is 4.82. The van der Waals surface area contributed by atoms with Gasteiger partial charge in [0.15, 0.2) is 5.16 Å². The van der Waals surface area contributed by atoms with Crippen molar-refractivity contribution in [3.8, 4) is 0 Å². The van der Waals surface area contributed by atoms with Crippen LogP contribution in [-0.4, -0.2) is 34.3 Å². The standard InChI is InChI=1S/C12H17BrN2OS/c1-10-2-5-14-11(15-10)17-9-12(8-13)3-6-16-7-4-12/h2,5H,3-4,6-9H2,1H3. The van der Waals surface area contributed by atoms with Crippen molar-refractivity contribution < 1.29 is 4.74 Å². The summed E-state index contributed by atoms with van der Waals surface area (Å²) in [5.41, 5.74) is 1.37. The summed E-state index contributed by atoms with van der Waals surface area (Å²) in [5, 5.41) is 1.92. The van der Waals surface area contributed by atoms with Crippen molar-refractivity contribution in [3.05, 3.63) is 18.0 Å². The lowest BCUT2D eigenvalue weighted by molar-refractivity contribution is 0.0374. The summed E-state index contributed by atoms with van der Waals surface area (Å²) >= 11 is 5.40. The van der Waals surface area contributed by atoms with Gasteiger partial charge in [-0.1, -0.05) is 27.7 Å². The van der Waals surface area contributed by atoms with Gasteiger partial charge in [0.05, 0.1) is 0 Å². The Morgan fingerprint density at radius 1 is 1.47 bits per heavy atom. The van der Waals surface area contributed by atoms with E-state index < -0.39 is 0 Å². The maximum Gasteiger partial charge on any atom is 0.187 e. The fourth-order valence-corrected chi connectivity index (χ4v) is 4.03. The highest BCUT2D eigenvalue weighted by Crippen LogP contribution is 2.37. The van der Waals surface area contributed by atoms with Crippen LogP contribution in [0, 0.1) is 12.3 Å². The van der Waals surface area contributed by atoms with Crippen LogP contribution in [0.25, 0.3) is 0 Å². The molecular weight excluding hydrogens is 300 g/mol. The topological polar surface area (TPSA) is 35.0 Å². The second-order valence-corrected chi connectivity index (χ2v) is 6.02. The molecule has 0 saturated carbocycles. The summed E-state index contributed by atoms with van der Waals surface area (Å²) in [6.45, 7) is 3.75. The zero-order chi connectivity index (χ0) is 12.1. The van der Waals surface area contributed by atoms with Crippen molar-refractivity contribution in [2.24, 2.45) is 5.41 Å². The molecular formula is C12H17BrN2OS. The number of rotatable bonds is 4. The van der Waals surface area contributed by atoms with Crippen LogP contribution in [0.2, 0.25) is 0 Å². The van der Waals surface area contributed by atoms with E-state index in [2.05, 4.69) is 25.9 Å². The molecule has 17 heavy (non-hydrogen) atoms. The zero-order valence-electron chi connectivity index (χ0n) is 9.99. The maximum atomic E-state index is 5.44. The van der Waals surface area contributed by atoms with E-state index >= 15 is 0 Å². The normalized spacial score (nSPS) is 19.2. The minimum atomic E-state index is 0.343. The first kappa shape index (κ1) is 13.3. The van der Waals surface area contributed by atoms with Crippen LogP contribution in [-0.2, 0) is 4.74 Å². The minimum absolute atomic E-state index is 0.343. The summed E-state index contributed by atoms with van der Waals surface area (Å²) in [7, 11) is 0. The first-order valence-corrected chi connectivity index (χ1v) is 7.91. The summed E-state index contributed by atoms with van der Waals surface area (Å²) in [5.74, 6) is 1.06. The highest BCUT2D eigenvalue weighted by Gasteiger charge is 2.31. The number of hydrogen-bond donors (Lipinski definition) is 0. The monoisotopic (exact) mass is 316 g/mol. The third kappa shape index (κ3) is 3.66. The van der Waals surface area contributed by atoms with Crippen molar-refractivity contribution in [2.75, 3.05) is 24.3 Å². The molecule has 1 saturated heterocycles. The van der Waals surface area contributed by atoms with E-state index in [0.29, 0.717) is 5.41 Å². The number of thioether (sulfide) groups is 1. The first-order chi connectivity index (χ1) is 8.24. The molecule has 0 amide bonds. The van der Waals surface area contributed by atoms with E-state index in [1.807, 2.05) is 19.2 Å². The first-order valence-electron chi connectivity index (χ1n) is 5.80. The minimum Gasteiger partial charge on any atom is -0.381 e. The molecule has 2 rings (SSSR count). The molecule has 5 heteroatoms. The number of ether oxygens (including phenoxy) is 1. The van der Waals surface area contributed by atoms with Crippen molar-refractivity contribution in [3.63, 3.8) is 0 Å². The van der Waals surface area contributed by atoms with E-state index in [1.54, 1.807) is 11.8 Å². The van der Waals surface area contributed by atoms with Crippen molar-refractivity contribution >= 4 is 27.7 Å². The van der Waals surface area contributed by atoms with Crippen LogP contribution in [0.15, 0.2) is 17.4 Å². The Morgan fingerprint density at radius 3 is 2.88 bits per heavy atom. The molecule has 0 bridgehead atoms. The molecule has 1 fully saturated rings. The number of nitrogens with zero attached hydrogens (tertiary/aromatic N) is 2. The predicted molar refractivity (Wildman–Crippen MR) is 73.8 cm³/mol. The van der Waals surface area contributed by atoms with Crippen LogP contribution in [0.4, 0.5) is 0 Å². The highest BCUT2D eigenvalue weighted by atomic mass is 79.9. The fourth-order valence-electron chi connectivity index (χ4n) is 1.83. The molecule has 1 aliphatic rings. The highest BCUT2D eigenvalue weighted by molar-refractivity contribution is 9.09. The second kappa shape index (κ2) is 6.16. The molecule has 0 unspecified atom stereocenters.